The van der Waals surface area contributed by atoms with Gasteiger partial charge in [0.15, 0.2) is 0 Å². The van der Waals surface area contributed by atoms with Crippen LogP contribution in [0.3, 0.4) is 0 Å². The van der Waals surface area contributed by atoms with Gasteiger partial charge in [0.05, 0.1) is 0 Å². The number of amides is 1. The van der Waals surface area contributed by atoms with Crippen molar-refractivity contribution in [1.82, 2.24) is 10.2 Å². The highest BCUT2D eigenvalue weighted by Gasteiger charge is 2.27. The maximum atomic E-state index is 11.4. The smallest absolute Gasteiger partial charge is 0.221 e. The standard InChI is InChI=1S/C13H27N3O/c1-10-5-4-6-11(7-10)16(3)12(9-14)8-13(17)15-2/h10-12H,4-9,14H2,1-3H3,(H,15,17). The fraction of sp³-hybridized carbons (Fsp3) is 0.923. The van der Waals surface area contributed by atoms with Gasteiger partial charge in [-0.3, -0.25) is 9.69 Å². The van der Waals surface area contributed by atoms with Crippen molar-refractivity contribution in [3.63, 3.8) is 0 Å². The molecule has 0 aromatic carbocycles. The summed E-state index contributed by atoms with van der Waals surface area (Å²) in [7, 11) is 3.79. The summed E-state index contributed by atoms with van der Waals surface area (Å²) in [6.07, 6.45) is 5.63. The van der Waals surface area contributed by atoms with Crippen molar-refractivity contribution in [1.29, 1.82) is 0 Å². The van der Waals surface area contributed by atoms with Gasteiger partial charge in [-0.25, -0.2) is 0 Å². The van der Waals surface area contributed by atoms with Crippen molar-refractivity contribution >= 4 is 5.91 Å². The quantitative estimate of drug-likeness (QED) is 0.754. The van der Waals surface area contributed by atoms with Crippen LogP contribution in [0.4, 0.5) is 0 Å². The van der Waals surface area contributed by atoms with E-state index in [1.54, 1.807) is 7.05 Å². The summed E-state index contributed by atoms with van der Waals surface area (Å²) in [5, 5.41) is 2.68. The third-order valence-corrected chi connectivity index (χ3v) is 4.03. The Kier molecular flexibility index (Phi) is 5.92. The molecule has 0 radical (unpaired) electrons. The van der Waals surface area contributed by atoms with Gasteiger partial charge in [0.2, 0.25) is 5.91 Å². The van der Waals surface area contributed by atoms with Crippen LogP contribution >= 0.6 is 0 Å². The minimum atomic E-state index is 0.0798. The Labute approximate surface area is 105 Å². The second kappa shape index (κ2) is 6.97. The Bertz CT molecular complexity index is 245. The summed E-state index contributed by atoms with van der Waals surface area (Å²) in [6, 6.07) is 0.766. The topological polar surface area (TPSA) is 58.4 Å². The number of nitrogens with zero attached hydrogens (tertiary/aromatic N) is 1. The molecule has 1 aliphatic rings. The van der Waals surface area contributed by atoms with E-state index in [0.29, 0.717) is 19.0 Å². The number of hydrogen-bond acceptors (Lipinski definition) is 3. The minimum absolute atomic E-state index is 0.0798. The highest BCUT2D eigenvalue weighted by atomic mass is 16.1. The van der Waals surface area contributed by atoms with Gasteiger partial charge in [0.1, 0.15) is 0 Å². The average molecular weight is 241 g/mol. The summed E-state index contributed by atoms with van der Waals surface area (Å²) in [5.74, 6) is 0.880. The average Bonchev–Trinajstić information content (AvgIpc) is 2.34. The second-order valence-corrected chi connectivity index (χ2v) is 5.36. The molecule has 1 aliphatic carbocycles. The lowest BCUT2D eigenvalue weighted by atomic mass is 9.85. The van der Waals surface area contributed by atoms with Crippen LogP contribution in [-0.4, -0.2) is 43.5 Å². The summed E-state index contributed by atoms with van der Waals surface area (Å²) >= 11 is 0. The van der Waals surface area contributed by atoms with E-state index in [0.717, 1.165) is 5.92 Å². The van der Waals surface area contributed by atoms with Crippen molar-refractivity contribution in [3.05, 3.63) is 0 Å². The molecule has 4 heteroatoms. The SMILES string of the molecule is CNC(=O)CC(CN)N(C)C1CCCC(C)C1. The predicted molar refractivity (Wildman–Crippen MR) is 70.7 cm³/mol. The third kappa shape index (κ3) is 4.28. The van der Waals surface area contributed by atoms with Crippen LogP contribution in [-0.2, 0) is 4.79 Å². The summed E-state index contributed by atoms with van der Waals surface area (Å²) < 4.78 is 0. The second-order valence-electron chi connectivity index (χ2n) is 5.36. The molecule has 0 aliphatic heterocycles. The van der Waals surface area contributed by atoms with Gasteiger partial charge in [-0.1, -0.05) is 19.8 Å². The molecule has 0 aromatic heterocycles. The van der Waals surface area contributed by atoms with Crippen LogP contribution in [0.25, 0.3) is 0 Å². The summed E-state index contributed by atoms with van der Waals surface area (Å²) in [5.41, 5.74) is 5.80. The highest BCUT2D eigenvalue weighted by Crippen LogP contribution is 2.27. The van der Waals surface area contributed by atoms with Gasteiger partial charge in [0, 0.05) is 32.1 Å². The first-order valence-corrected chi connectivity index (χ1v) is 6.71. The maximum absolute atomic E-state index is 11.4. The fourth-order valence-corrected chi connectivity index (χ4v) is 2.78. The van der Waals surface area contributed by atoms with E-state index in [9.17, 15) is 4.79 Å². The Morgan fingerprint density at radius 1 is 1.53 bits per heavy atom. The molecule has 3 unspecified atom stereocenters. The molecular formula is C13H27N3O. The summed E-state index contributed by atoms with van der Waals surface area (Å²) in [6.45, 7) is 2.87. The van der Waals surface area contributed by atoms with Gasteiger partial charge >= 0.3 is 0 Å². The van der Waals surface area contributed by atoms with Crippen LogP contribution in [0, 0.1) is 5.92 Å². The number of hydrogen-bond donors (Lipinski definition) is 2. The Hall–Kier alpha value is -0.610. The Balaban J connectivity index is 2.52. The van der Waals surface area contributed by atoms with Crippen LogP contribution in [0.15, 0.2) is 0 Å². The Morgan fingerprint density at radius 2 is 2.24 bits per heavy atom. The first kappa shape index (κ1) is 14.5. The third-order valence-electron chi connectivity index (χ3n) is 4.03. The van der Waals surface area contributed by atoms with Gasteiger partial charge in [-0.15, -0.1) is 0 Å². The molecule has 0 bridgehead atoms. The first-order valence-electron chi connectivity index (χ1n) is 6.71. The van der Waals surface area contributed by atoms with Gasteiger partial charge in [-0.2, -0.15) is 0 Å². The zero-order valence-electron chi connectivity index (χ0n) is 11.4. The van der Waals surface area contributed by atoms with E-state index in [1.807, 2.05) is 0 Å². The number of nitrogens with two attached hydrogens (primary N) is 1. The van der Waals surface area contributed by atoms with Crippen LogP contribution in [0.1, 0.15) is 39.0 Å². The van der Waals surface area contributed by atoms with Crippen LogP contribution in [0.5, 0.6) is 0 Å². The van der Waals surface area contributed by atoms with Crippen molar-refractivity contribution in [2.45, 2.75) is 51.1 Å². The van der Waals surface area contributed by atoms with Crippen molar-refractivity contribution < 1.29 is 4.79 Å². The molecule has 4 nitrogen and oxygen atoms in total. The molecule has 0 aromatic rings. The fourth-order valence-electron chi connectivity index (χ4n) is 2.78. The molecule has 0 spiro atoms. The van der Waals surface area contributed by atoms with E-state index in [4.69, 9.17) is 5.73 Å². The lowest BCUT2D eigenvalue weighted by Crippen LogP contribution is -2.47. The molecule has 3 atom stereocenters. The van der Waals surface area contributed by atoms with Crippen molar-refractivity contribution in [3.8, 4) is 0 Å². The van der Waals surface area contributed by atoms with Crippen LogP contribution < -0.4 is 11.1 Å². The summed E-state index contributed by atoms with van der Waals surface area (Å²) in [4.78, 5) is 13.8. The first-order chi connectivity index (χ1) is 8.08. The van der Waals surface area contributed by atoms with E-state index in [2.05, 4.69) is 24.2 Å². The highest BCUT2D eigenvalue weighted by molar-refractivity contribution is 5.76. The molecule has 0 heterocycles. The maximum Gasteiger partial charge on any atom is 0.221 e. The normalized spacial score (nSPS) is 26.9. The van der Waals surface area contributed by atoms with Gasteiger partial charge < -0.3 is 11.1 Å². The number of likely N-dealkylation sites (N-methyl/N-ethyl adjacent to an activating group) is 1. The molecular weight excluding hydrogens is 214 g/mol. The molecule has 1 rings (SSSR count). The van der Waals surface area contributed by atoms with Crippen molar-refractivity contribution in [2.24, 2.45) is 11.7 Å². The molecule has 1 amide bonds. The van der Waals surface area contributed by atoms with E-state index >= 15 is 0 Å². The predicted octanol–water partition coefficient (Wildman–Crippen LogP) is 0.960. The van der Waals surface area contributed by atoms with E-state index < -0.39 is 0 Å². The van der Waals surface area contributed by atoms with Gasteiger partial charge in [-0.05, 0) is 25.8 Å². The zero-order valence-corrected chi connectivity index (χ0v) is 11.4. The number of nitrogens with one attached hydrogen (secondary N) is 1. The number of carbonyl (C=O) groups excluding carboxylic acids is 1. The number of rotatable bonds is 5. The molecule has 17 heavy (non-hydrogen) atoms. The largest absolute Gasteiger partial charge is 0.359 e. The van der Waals surface area contributed by atoms with Gasteiger partial charge in [0.25, 0.3) is 0 Å². The monoisotopic (exact) mass is 241 g/mol. The van der Waals surface area contributed by atoms with Crippen LogP contribution in [0.2, 0.25) is 0 Å². The Morgan fingerprint density at radius 3 is 2.76 bits per heavy atom. The van der Waals surface area contributed by atoms with E-state index in [1.165, 1.54) is 25.7 Å². The molecule has 0 saturated heterocycles. The molecule has 1 saturated carbocycles. The van der Waals surface area contributed by atoms with E-state index in [-0.39, 0.29) is 11.9 Å². The lowest BCUT2D eigenvalue weighted by Gasteiger charge is -2.38. The number of carbonyl (C=O) groups is 1. The molecule has 3 N–H and O–H groups in total. The van der Waals surface area contributed by atoms with Crippen molar-refractivity contribution in [2.75, 3.05) is 20.6 Å². The zero-order chi connectivity index (χ0) is 12.8. The molecule has 1 fully saturated rings. The minimum Gasteiger partial charge on any atom is -0.359 e. The molecule has 100 valence electrons. The lowest BCUT2D eigenvalue weighted by molar-refractivity contribution is -0.121.